The van der Waals surface area contributed by atoms with E-state index in [4.69, 9.17) is 11.6 Å². The minimum atomic E-state index is -0.667. The lowest BCUT2D eigenvalue weighted by Crippen LogP contribution is -2.54. The van der Waals surface area contributed by atoms with Gasteiger partial charge in [0, 0.05) is 65.1 Å². The predicted octanol–water partition coefficient (Wildman–Crippen LogP) is 5.42. The van der Waals surface area contributed by atoms with Gasteiger partial charge >= 0.3 is 0 Å². The molecule has 2 fully saturated rings. The highest BCUT2D eigenvalue weighted by Crippen LogP contribution is 2.39. The zero-order valence-corrected chi connectivity index (χ0v) is 23.9. The molecule has 7 nitrogen and oxygen atoms in total. The topological polar surface area (TPSA) is 83.0 Å². The van der Waals surface area contributed by atoms with Crippen LogP contribution in [0.25, 0.3) is 11.0 Å². The van der Waals surface area contributed by atoms with Gasteiger partial charge < -0.3 is 14.9 Å². The van der Waals surface area contributed by atoms with Gasteiger partial charge in [0.05, 0.1) is 10.6 Å². The van der Waals surface area contributed by atoms with Gasteiger partial charge in [0.1, 0.15) is 11.8 Å². The van der Waals surface area contributed by atoms with E-state index in [0.717, 1.165) is 47.6 Å². The highest BCUT2D eigenvalue weighted by molar-refractivity contribution is 7.98. The van der Waals surface area contributed by atoms with Gasteiger partial charge in [-0.15, -0.1) is 11.8 Å². The molecule has 3 aromatic heterocycles. The average Bonchev–Trinajstić information content (AvgIpc) is 3.16. The monoisotopic (exact) mass is 559 g/mol. The first-order valence-electron chi connectivity index (χ1n) is 13.3. The second-order valence-corrected chi connectivity index (χ2v) is 12.0. The number of rotatable bonds is 7. The van der Waals surface area contributed by atoms with E-state index >= 15 is 0 Å². The summed E-state index contributed by atoms with van der Waals surface area (Å²) in [6.07, 6.45) is 7.12. The number of likely N-dealkylation sites (tertiary alicyclic amines) is 1. The zero-order chi connectivity index (χ0) is 27.1. The zero-order valence-electron chi connectivity index (χ0n) is 22.3. The van der Waals surface area contributed by atoms with E-state index in [9.17, 15) is 14.0 Å². The predicted molar refractivity (Wildman–Crippen MR) is 151 cm³/mol. The van der Waals surface area contributed by atoms with E-state index in [1.165, 1.54) is 11.8 Å². The van der Waals surface area contributed by atoms with E-state index in [-0.39, 0.29) is 24.1 Å². The van der Waals surface area contributed by atoms with Crippen molar-refractivity contribution in [2.24, 2.45) is 5.92 Å². The number of hydrogen-bond donors (Lipinski definition) is 2. The van der Waals surface area contributed by atoms with Gasteiger partial charge in [-0.05, 0) is 70.8 Å². The molecule has 1 saturated heterocycles. The molecule has 0 aromatic carbocycles. The first-order chi connectivity index (χ1) is 18.2. The fraction of sp³-hybridized carbons (Fsp3) is 0.536. The Morgan fingerprint density at radius 3 is 2.63 bits per heavy atom. The maximum Gasteiger partial charge on any atom is 0.254 e. The summed E-state index contributed by atoms with van der Waals surface area (Å²) in [6.45, 7) is 7.27. The number of nitrogens with zero attached hydrogens (tertiary/aromatic N) is 3. The van der Waals surface area contributed by atoms with Crippen molar-refractivity contribution in [1.29, 1.82) is 0 Å². The molecule has 5 rings (SSSR count). The molecule has 1 amide bonds. The number of amides is 1. The number of carbonyl (C=O) groups excluding carboxylic acids is 1. The summed E-state index contributed by atoms with van der Waals surface area (Å²) >= 11 is 7.81. The normalized spacial score (nSPS) is 21.4. The van der Waals surface area contributed by atoms with Crippen molar-refractivity contribution in [3.05, 3.63) is 56.2 Å². The van der Waals surface area contributed by atoms with E-state index in [0.29, 0.717) is 46.6 Å². The molecule has 0 spiro atoms. The van der Waals surface area contributed by atoms with E-state index < -0.39 is 6.17 Å². The molecule has 10 heteroatoms. The van der Waals surface area contributed by atoms with Gasteiger partial charge in [-0.2, -0.15) is 0 Å². The molecule has 3 aromatic rings. The maximum absolute atomic E-state index is 13.6. The molecule has 0 unspecified atom stereocenters. The van der Waals surface area contributed by atoms with E-state index in [2.05, 4.69) is 31.7 Å². The summed E-state index contributed by atoms with van der Waals surface area (Å²) in [7, 11) is 0. The van der Waals surface area contributed by atoms with Gasteiger partial charge in [-0.25, -0.2) is 9.37 Å². The number of aryl methyl sites for hydroxylation is 1. The third-order valence-corrected chi connectivity index (χ3v) is 9.38. The molecule has 2 N–H and O–H groups in total. The third-order valence-electron chi connectivity index (χ3n) is 8.37. The first-order valence-corrected chi connectivity index (χ1v) is 14.9. The number of aromatic amines is 1. The summed E-state index contributed by atoms with van der Waals surface area (Å²) in [4.78, 5) is 36.8. The molecular weight excluding hydrogens is 525 g/mol. The fourth-order valence-electron chi connectivity index (χ4n) is 6.27. The Morgan fingerprint density at radius 2 is 1.97 bits per heavy atom. The van der Waals surface area contributed by atoms with Crippen LogP contribution in [0.2, 0.25) is 5.02 Å². The summed E-state index contributed by atoms with van der Waals surface area (Å²) in [6, 6.07) is 4.34. The average molecular weight is 560 g/mol. The van der Waals surface area contributed by atoms with Crippen molar-refractivity contribution in [3.8, 4) is 0 Å². The van der Waals surface area contributed by atoms with Gasteiger partial charge in [0.25, 0.3) is 11.5 Å². The Labute approximate surface area is 231 Å². The number of H-pyrrole nitrogens is 1. The molecule has 204 valence electrons. The largest absolute Gasteiger partial charge is 0.348 e. The Hall–Kier alpha value is -2.36. The Balaban J connectivity index is 1.40. The van der Waals surface area contributed by atoms with Crippen molar-refractivity contribution >= 4 is 40.3 Å². The van der Waals surface area contributed by atoms with E-state index in [1.807, 2.05) is 26.2 Å². The number of halogens is 2. The molecule has 1 saturated carbocycles. The lowest BCUT2D eigenvalue weighted by atomic mass is 9.80. The van der Waals surface area contributed by atoms with Crippen molar-refractivity contribution in [1.82, 2.24) is 24.8 Å². The smallest absolute Gasteiger partial charge is 0.254 e. The van der Waals surface area contributed by atoms with Crippen LogP contribution in [0.15, 0.2) is 28.0 Å². The number of nitrogens with one attached hydrogen (secondary N) is 2. The Bertz CT molecular complexity index is 1410. The molecule has 1 aliphatic heterocycles. The van der Waals surface area contributed by atoms with Gasteiger partial charge in [0.15, 0.2) is 0 Å². The molecule has 0 bridgehead atoms. The summed E-state index contributed by atoms with van der Waals surface area (Å²) in [5, 5.41) is 4.16. The summed E-state index contributed by atoms with van der Waals surface area (Å²) in [5.41, 5.74) is 3.26. The minimum Gasteiger partial charge on any atom is -0.348 e. The molecule has 0 radical (unpaired) electrons. The van der Waals surface area contributed by atoms with Crippen LogP contribution in [0.3, 0.4) is 0 Å². The standard InChI is InChI=1S/C28H35ClFN5O2S/c1-15-9-24(38-4)23(27(36)33-15)12-32-28(37)25-17(3)35(26-22(25)10-19(29)11-31-26)16(2)18-5-7-21(8-6-18)34-13-20(30)14-34/h9-11,16,18,20-21H,5-8,12-14H2,1-4H3,(H,32,37)(H,33,36)/t16-,18?,21?/m1/s1. The molecular formula is C28H35ClFN5O2S. The molecule has 1 aliphatic carbocycles. The van der Waals surface area contributed by atoms with Crippen molar-refractivity contribution in [3.63, 3.8) is 0 Å². The molecule has 38 heavy (non-hydrogen) atoms. The number of pyridine rings is 2. The van der Waals surface area contributed by atoms with Crippen LogP contribution in [0, 0.1) is 19.8 Å². The van der Waals surface area contributed by atoms with Crippen LogP contribution in [0.5, 0.6) is 0 Å². The lowest BCUT2D eigenvalue weighted by molar-refractivity contribution is 0.00541. The summed E-state index contributed by atoms with van der Waals surface area (Å²) in [5.74, 6) is 0.184. The quantitative estimate of drug-likeness (QED) is 0.378. The van der Waals surface area contributed by atoms with Crippen LogP contribution >= 0.6 is 23.4 Å². The number of fused-ring (bicyclic) bond motifs is 1. The molecule has 1 atom stereocenters. The number of carbonyl (C=O) groups is 1. The van der Waals surface area contributed by atoms with Gasteiger partial charge in [-0.3, -0.25) is 14.5 Å². The first kappa shape index (κ1) is 27.2. The Morgan fingerprint density at radius 1 is 1.26 bits per heavy atom. The number of alkyl halides is 1. The highest BCUT2D eigenvalue weighted by atomic mass is 35.5. The maximum atomic E-state index is 13.6. The van der Waals surface area contributed by atoms with Crippen LogP contribution in [-0.2, 0) is 6.54 Å². The number of aromatic nitrogens is 3. The van der Waals surface area contributed by atoms with Crippen molar-refractivity contribution in [2.45, 2.75) is 76.2 Å². The van der Waals surface area contributed by atoms with Crippen LogP contribution in [0.4, 0.5) is 4.39 Å². The minimum absolute atomic E-state index is 0.126. The highest BCUT2D eigenvalue weighted by Gasteiger charge is 2.36. The van der Waals surface area contributed by atoms with Crippen LogP contribution < -0.4 is 10.9 Å². The number of hydrogen-bond acceptors (Lipinski definition) is 5. The Kier molecular flexibility index (Phi) is 7.89. The summed E-state index contributed by atoms with van der Waals surface area (Å²) < 4.78 is 15.5. The van der Waals surface area contributed by atoms with Crippen molar-refractivity contribution in [2.75, 3.05) is 19.3 Å². The second kappa shape index (κ2) is 11.0. The third kappa shape index (κ3) is 5.12. The van der Waals surface area contributed by atoms with E-state index in [1.54, 1.807) is 12.3 Å². The van der Waals surface area contributed by atoms with Crippen LogP contribution in [0.1, 0.15) is 66.0 Å². The van der Waals surface area contributed by atoms with Gasteiger partial charge in [0.2, 0.25) is 0 Å². The molecule has 4 heterocycles. The SMILES string of the molecule is CSc1cc(C)[nH]c(=O)c1CNC(=O)c1c(C)n([C@H](C)C2CCC(N3CC(F)C3)CC2)c2ncc(Cl)cc12. The fourth-order valence-corrected chi connectivity index (χ4v) is 7.14. The van der Waals surface area contributed by atoms with Crippen LogP contribution in [-0.4, -0.2) is 56.9 Å². The van der Waals surface area contributed by atoms with Gasteiger partial charge in [-0.1, -0.05) is 11.6 Å². The molecule has 2 aliphatic rings. The van der Waals surface area contributed by atoms with Crippen molar-refractivity contribution < 1.29 is 9.18 Å². The lowest BCUT2D eigenvalue weighted by Gasteiger charge is -2.44. The number of thioether (sulfide) groups is 1. The second-order valence-electron chi connectivity index (χ2n) is 10.7.